The van der Waals surface area contributed by atoms with Crippen LogP contribution in [0.5, 0.6) is 0 Å². The number of halogens is 1. The first-order valence-corrected chi connectivity index (χ1v) is 12.8. The number of hydrogen-bond acceptors (Lipinski definition) is 5. The molecule has 4 aromatic rings. The van der Waals surface area contributed by atoms with E-state index in [0.717, 1.165) is 62.6 Å². The lowest BCUT2D eigenvalue weighted by atomic mass is 10.00. The Balaban J connectivity index is 1.45. The highest BCUT2D eigenvalue weighted by Crippen LogP contribution is 2.31. The van der Waals surface area contributed by atoms with Gasteiger partial charge in [-0.25, -0.2) is 9.37 Å². The molecule has 1 fully saturated rings. The van der Waals surface area contributed by atoms with Gasteiger partial charge in [-0.15, -0.1) is 0 Å². The third-order valence-electron chi connectivity index (χ3n) is 7.08. The second kappa shape index (κ2) is 11.0. The summed E-state index contributed by atoms with van der Waals surface area (Å²) in [6.07, 6.45) is 7.07. The lowest BCUT2D eigenvalue weighted by Crippen LogP contribution is -2.48. The van der Waals surface area contributed by atoms with Crippen molar-refractivity contribution in [3.05, 3.63) is 107 Å². The van der Waals surface area contributed by atoms with Crippen molar-refractivity contribution in [3.8, 4) is 0 Å². The van der Waals surface area contributed by atoms with Gasteiger partial charge in [0.25, 0.3) is 0 Å². The van der Waals surface area contributed by atoms with Gasteiger partial charge in [-0.2, -0.15) is 5.10 Å². The topological polar surface area (TPSA) is 50.1 Å². The van der Waals surface area contributed by atoms with Crippen molar-refractivity contribution in [2.45, 2.75) is 45.8 Å². The summed E-state index contributed by atoms with van der Waals surface area (Å²) in [5, 5.41) is 5.04. The molecule has 2 aromatic carbocycles. The van der Waals surface area contributed by atoms with Crippen LogP contribution in [0.15, 0.2) is 73.2 Å². The van der Waals surface area contributed by atoms with E-state index in [4.69, 9.17) is 5.10 Å². The summed E-state index contributed by atoms with van der Waals surface area (Å²) in [6.45, 7) is 8.49. The maximum Gasteiger partial charge on any atom is 0.147 e. The number of aromatic nitrogens is 4. The fraction of sp³-hybridized carbons (Fsp3) is 0.345. The van der Waals surface area contributed by atoms with E-state index in [2.05, 4.69) is 62.6 Å². The van der Waals surface area contributed by atoms with Gasteiger partial charge in [0.05, 0.1) is 24.5 Å². The van der Waals surface area contributed by atoms with Gasteiger partial charge >= 0.3 is 0 Å². The molecule has 3 heterocycles. The van der Waals surface area contributed by atoms with Crippen LogP contribution < -0.4 is 4.90 Å². The minimum atomic E-state index is -0.212. The zero-order valence-electron chi connectivity index (χ0n) is 21.0. The van der Waals surface area contributed by atoms with Crippen LogP contribution in [0.25, 0.3) is 0 Å². The zero-order chi connectivity index (χ0) is 24.9. The van der Waals surface area contributed by atoms with Gasteiger partial charge < -0.3 is 4.90 Å². The molecule has 1 aliphatic rings. The van der Waals surface area contributed by atoms with Crippen LogP contribution in [-0.4, -0.2) is 44.3 Å². The second-order valence-corrected chi connectivity index (χ2v) is 9.27. The Labute approximate surface area is 212 Å². The van der Waals surface area contributed by atoms with Gasteiger partial charge in [-0.3, -0.25) is 14.6 Å². The second-order valence-electron chi connectivity index (χ2n) is 9.27. The number of benzene rings is 2. The van der Waals surface area contributed by atoms with Gasteiger partial charge in [0.1, 0.15) is 11.6 Å². The first kappa shape index (κ1) is 24.1. The number of nitrogens with zero attached hydrogens (tertiary/aromatic N) is 6. The Kier molecular flexibility index (Phi) is 7.37. The highest BCUT2D eigenvalue weighted by Gasteiger charge is 2.31. The lowest BCUT2D eigenvalue weighted by molar-refractivity contribution is 0.167. The summed E-state index contributed by atoms with van der Waals surface area (Å²) >= 11 is 0. The Morgan fingerprint density at radius 3 is 2.42 bits per heavy atom. The van der Waals surface area contributed by atoms with E-state index in [1.165, 1.54) is 16.8 Å². The summed E-state index contributed by atoms with van der Waals surface area (Å²) in [5.74, 6) is 0.666. The molecule has 2 aromatic heterocycles. The Morgan fingerprint density at radius 2 is 1.72 bits per heavy atom. The highest BCUT2D eigenvalue weighted by atomic mass is 19.1. The molecule has 0 spiro atoms. The molecule has 186 valence electrons. The predicted molar refractivity (Wildman–Crippen MR) is 140 cm³/mol. The average Bonchev–Trinajstić information content (AvgIpc) is 3.26. The average molecular weight is 485 g/mol. The van der Waals surface area contributed by atoms with Crippen LogP contribution in [0.4, 0.5) is 10.2 Å². The third kappa shape index (κ3) is 5.16. The van der Waals surface area contributed by atoms with E-state index >= 15 is 0 Å². The summed E-state index contributed by atoms with van der Waals surface area (Å²) in [7, 11) is 0. The van der Waals surface area contributed by atoms with Crippen LogP contribution >= 0.6 is 0 Å². The summed E-state index contributed by atoms with van der Waals surface area (Å²) in [4.78, 5) is 13.6. The Morgan fingerprint density at radius 1 is 0.917 bits per heavy atom. The minimum absolute atomic E-state index is 0.105. The van der Waals surface area contributed by atoms with Crippen molar-refractivity contribution in [1.29, 1.82) is 0 Å². The molecular formula is C29H33FN6. The molecule has 1 unspecified atom stereocenters. The lowest BCUT2D eigenvalue weighted by Gasteiger charge is -2.42. The van der Waals surface area contributed by atoms with Crippen LogP contribution in [0.2, 0.25) is 0 Å². The first-order valence-electron chi connectivity index (χ1n) is 12.8. The van der Waals surface area contributed by atoms with Crippen molar-refractivity contribution in [3.63, 3.8) is 0 Å². The van der Waals surface area contributed by atoms with Crippen LogP contribution in [-0.2, 0) is 25.9 Å². The van der Waals surface area contributed by atoms with E-state index in [1.54, 1.807) is 24.5 Å². The zero-order valence-corrected chi connectivity index (χ0v) is 21.0. The molecule has 0 radical (unpaired) electrons. The van der Waals surface area contributed by atoms with E-state index in [-0.39, 0.29) is 11.9 Å². The quantitative estimate of drug-likeness (QED) is 0.350. The smallest absolute Gasteiger partial charge is 0.147 e. The fourth-order valence-corrected chi connectivity index (χ4v) is 5.22. The molecule has 0 amide bonds. The molecule has 1 atom stereocenters. The monoisotopic (exact) mass is 484 g/mol. The molecule has 1 aliphatic heterocycles. The van der Waals surface area contributed by atoms with E-state index in [9.17, 15) is 4.39 Å². The SMILES string of the molecule is CCc1nn(Cc2ccccc2)c(CC)c1CN1CCN(c2cnccn2)CC1c1ccc(F)cc1. The highest BCUT2D eigenvalue weighted by molar-refractivity contribution is 5.38. The van der Waals surface area contributed by atoms with Crippen molar-refractivity contribution in [2.24, 2.45) is 0 Å². The normalized spacial score (nSPS) is 16.4. The molecule has 0 N–H and O–H groups in total. The van der Waals surface area contributed by atoms with Crippen LogP contribution in [0.1, 0.15) is 48.0 Å². The minimum Gasteiger partial charge on any atom is -0.352 e. The van der Waals surface area contributed by atoms with Crippen LogP contribution in [0, 0.1) is 5.82 Å². The molecule has 0 bridgehead atoms. The molecule has 6 nitrogen and oxygen atoms in total. The van der Waals surface area contributed by atoms with Gasteiger partial charge in [0.2, 0.25) is 0 Å². The summed E-state index contributed by atoms with van der Waals surface area (Å²) in [5.41, 5.74) is 6.15. The molecule has 0 saturated carbocycles. The molecule has 5 rings (SSSR count). The van der Waals surface area contributed by atoms with E-state index in [1.807, 2.05) is 24.4 Å². The van der Waals surface area contributed by atoms with Crippen molar-refractivity contribution in [1.82, 2.24) is 24.6 Å². The van der Waals surface area contributed by atoms with Gasteiger partial charge in [0, 0.05) is 49.8 Å². The number of aryl methyl sites for hydroxylation is 1. The van der Waals surface area contributed by atoms with E-state index < -0.39 is 0 Å². The Hall–Kier alpha value is -3.58. The fourth-order valence-electron chi connectivity index (χ4n) is 5.22. The maximum absolute atomic E-state index is 13.8. The third-order valence-corrected chi connectivity index (χ3v) is 7.08. The molecule has 1 saturated heterocycles. The van der Waals surface area contributed by atoms with Gasteiger partial charge in [0.15, 0.2) is 0 Å². The first-order chi connectivity index (χ1) is 17.7. The Bertz CT molecular complexity index is 1260. The molecule has 0 aliphatic carbocycles. The number of hydrogen-bond donors (Lipinski definition) is 0. The van der Waals surface area contributed by atoms with Crippen molar-refractivity contribution < 1.29 is 4.39 Å². The summed E-state index contributed by atoms with van der Waals surface area (Å²) < 4.78 is 16.0. The summed E-state index contributed by atoms with van der Waals surface area (Å²) in [6, 6.07) is 17.6. The van der Waals surface area contributed by atoms with E-state index in [0.29, 0.717) is 0 Å². The van der Waals surface area contributed by atoms with Crippen LogP contribution in [0.3, 0.4) is 0 Å². The predicted octanol–water partition coefficient (Wildman–Crippen LogP) is 5.05. The maximum atomic E-state index is 13.8. The van der Waals surface area contributed by atoms with Crippen molar-refractivity contribution >= 4 is 5.82 Å². The number of rotatable bonds is 8. The standard InChI is InChI=1S/C29H33FN6/c1-3-26-25(27(4-2)36(33-26)19-22-8-6-5-7-9-22)20-34-16-17-35(29-18-31-14-15-32-29)21-28(34)23-10-12-24(30)13-11-23/h5-15,18,28H,3-4,16-17,19-21H2,1-2H3. The molecular weight excluding hydrogens is 451 g/mol. The van der Waals surface area contributed by atoms with Crippen molar-refractivity contribution in [2.75, 3.05) is 24.5 Å². The largest absolute Gasteiger partial charge is 0.352 e. The molecule has 7 heteroatoms. The molecule has 36 heavy (non-hydrogen) atoms. The van der Waals surface area contributed by atoms with Gasteiger partial charge in [-0.1, -0.05) is 56.3 Å². The van der Waals surface area contributed by atoms with Gasteiger partial charge in [-0.05, 0) is 36.1 Å². The number of anilines is 1. The number of piperazine rings is 1.